The predicted molar refractivity (Wildman–Crippen MR) is 57.1 cm³/mol. The third-order valence-electron chi connectivity index (χ3n) is 2.63. The van der Waals surface area contributed by atoms with E-state index in [1.165, 1.54) is 0 Å². The van der Waals surface area contributed by atoms with Gasteiger partial charge in [-0.3, -0.25) is 4.79 Å². The van der Waals surface area contributed by atoms with E-state index < -0.39 is 12.0 Å². The number of rotatable bonds is 5. The van der Waals surface area contributed by atoms with Crippen molar-refractivity contribution in [3.63, 3.8) is 0 Å². The van der Waals surface area contributed by atoms with Crippen molar-refractivity contribution in [2.24, 2.45) is 0 Å². The quantitative estimate of drug-likeness (QED) is 0.741. The van der Waals surface area contributed by atoms with Gasteiger partial charge in [-0.05, 0) is 26.7 Å². The van der Waals surface area contributed by atoms with E-state index in [0.29, 0.717) is 18.4 Å². The molecule has 1 atom stereocenters. The Morgan fingerprint density at radius 1 is 1.62 bits per heavy atom. The van der Waals surface area contributed by atoms with Crippen molar-refractivity contribution in [3.05, 3.63) is 11.6 Å². The predicted octanol–water partition coefficient (Wildman–Crippen LogP) is 0.100. The number of aryl methyl sites for hydroxylation is 2. The second-order valence-corrected chi connectivity index (χ2v) is 4.22. The molecular weight excluding hydrogens is 208 g/mol. The summed E-state index contributed by atoms with van der Waals surface area (Å²) in [5.41, 5.74) is 0. The number of hydrogen-bond donors (Lipinski definition) is 2. The van der Waals surface area contributed by atoms with Gasteiger partial charge < -0.3 is 10.4 Å². The van der Waals surface area contributed by atoms with Crippen LogP contribution < -0.4 is 5.32 Å². The standard InChI is InChI=1S/C10H16N4O2/c1-6-11-7(2)14(13-6)5-9(10(15)16)12-8-3-4-8/h8-9,12H,3-5H2,1-2H3,(H,15,16). The van der Waals surface area contributed by atoms with E-state index in [4.69, 9.17) is 5.11 Å². The number of aromatic nitrogens is 3. The molecule has 1 heterocycles. The molecule has 1 aromatic rings. The summed E-state index contributed by atoms with van der Waals surface area (Å²) < 4.78 is 1.64. The molecule has 6 heteroatoms. The number of carboxylic acids is 1. The van der Waals surface area contributed by atoms with Crippen molar-refractivity contribution in [3.8, 4) is 0 Å². The Morgan fingerprint density at radius 3 is 2.75 bits per heavy atom. The lowest BCUT2D eigenvalue weighted by Crippen LogP contribution is -2.41. The fourth-order valence-corrected chi connectivity index (χ4v) is 1.64. The van der Waals surface area contributed by atoms with E-state index in [2.05, 4.69) is 15.4 Å². The molecule has 1 fully saturated rings. The van der Waals surface area contributed by atoms with Gasteiger partial charge >= 0.3 is 5.97 Å². The van der Waals surface area contributed by atoms with E-state index >= 15 is 0 Å². The summed E-state index contributed by atoms with van der Waals surface area (Å²) in [6.07, 6.45) is 2.14. The Balaban J connectivity index is 2.03. The highest BCUT2D eigenvalue weighted by Gasteiger charge is 2.28. The monoisotopic (exact) mass is 224 g/mol. The van der Waals surface area contributed by atoms with Gasteiger partial charge in [0.15, 0.2) is 0 Å². The first-order valence-electron chi connectivity index (χ1n) is 5.43. The summed E-state index contributed by atoms with van der Waals surface area (Å²) in [5, 5.41) is 16.3. The molecule has 0 saturated heterocycles. The highest BCUT2D eigenvalue weighted by molar-refractivity contribution is 5.73. The van der Waals surface area contributed by atoms with Gasteiger partial charge in [-0.25, -0.2) is 9.67 Å². The fourth-order valence-electron chi connectivity index (χ4n) is 1.64. The van der Waals surface area contributed by atoms with E-state index in [-0.39, 0.29) is 0 Å². The molecule has 1 unspecified atom stereocenters. The van der Waals surface area contributed by atoms with Gasteiger partial charge in [0.25, 0.3) is 0 Å². The zero-order valence-electron chi connectivity index (χ0n) is 9.47. The molecule has 16 heavy (non-hydrogen) atoms. The van der Waals surface area contributed by atoms with Gasteiger partial charge in [-0.15, -0.1) is 0 Å². The third-order valence-corrected chi connectivity index (χ3v) is 2.63. The fraction of sp³-hybridized carbons (Fsp3) is 0.700. The molecule has 2 rings (SSSR count). The van der Waals surface area contributed by atoms with Crippen molar-refractivity contribution in [1.29, 1.82) is 0 Å². The lowest BCUT2D eigenvalue weighted by atomic mass is 10.3. The van der Waals surface area contributed by atoms with Crippen LogP contribution in [0, 0.1) is 13.8 Å². The summed E-state index contributed by atoms with van der Waals surface area (Å²) in [6, 6.07) is -0.210. The molecule has 2 N–H and O–H groups in total. The minimum atomic E-state index is -0.834. The van der Waals surface area contributed by atoms with Crippen LogP contribution in [0.15, 0.2) is 0 Å². The van der Waals surface area contributed by atoms with Crippen LogP contribution in [0.2, 0.25) is 0 Å². The molecule has 1 aromatic heterocycles. The highest BCUT2D eigenvalue weighted by Crippen LogP contribution is 2.19. The van der Waals surface area contributed by atoms with Gasteiger partial charge in [0, 0.05) is 6.04 Å². The second kappa shape index (κ2) is 4.21. The summed E-state index contributed by atoms with van der Waals surface area (Å²) in [7, 11) is 0. The summed E-state index contributed by atoms with van der Waals surface area (Å²) in [4.78, 5) is 15.2. The Labute approximate surface area is 93.7 Å². The SMILES string of the molecule is Cc1nc(C)n(CC(NC2CC2)C(=O)O)n1. The Kier molecular flexibility index (Phi) is 2.91. The van der Waals surface area contributed by atoms with Crippen LogP contribution >= 0.6 is 0 Å². The van der Waals surface area contributed by atoms with Crippen LogP contribution in [0.25, 0.3) is 0 Å². The molecule has 0 radical (unpaired) electrons. The van der Waals surface area contributed by atoms with Crippen molar-refractivity contribution in [2.75, 3.05) is 0 Å². The van der Waals surface area contributed by atoms with Crippen LogP contribution in [0.4, 0.5) is 0 Å². The number of carboxylic acid groups (broad SMARTS) is 1. The third kappa shape index (κ3) is 2.57. The van der Waals surface area contributed by atoms with E-state index in [9.17, 15) is 4.79 Å². The maximum Gasteiger partial charge on any atom is 0.322 e. The van der Waals surface area contributed by atoms with Crippen molar-refractivity contribution in [2.45, 2.75) is 45.3 Å². The minimum absolute atomic E-state index is 0.332. The minimum Gasteiger partial charge on any atom is -0.480 e. The molecule has 6 nitrogen and oxygen atoms in total. The molecule has 0 amide bonds. The molecule has 0 spiro atoms. The first-order chi connectivity index (χ1) is 7.56. The van der Waals surface area contributed by atoms with Gasteiger partial charge in [-0.1, -0.05) is 0 Å². The van der Waals surface area contributed by atoms with Crippen LogP contribution in [0.5, 0.6) is 0 Å². The molecule has 1 aliphatic carbocycles. The van der Waals surface area contributed by atoms with Crippen molar-refractivity contribution < 1.29 is 9.90 Å². The second-order valence-electron chi connectivity index (χ2n) is 4.22. The summed E-state index contributed by atoms with van der Waals surface area (Å²) in [6.45, 7) is 3.96. The summed E-state index contributed by atoms with van der Waals surface area (Å²) >= 11 is 0. The maximum absolute atomic E-state index is 11.1. The van der Waals surface area contributed by atoms with Crippen LogP contribution in [-0.4, -0.2) is 37.9 Å². The number of nitrogens with zero attached hydrogens (tertiary/aromatic N) is 3. The first-order valence-corrected chi connectivity index (χ1v) is 5.43. The van der Waals surface area contributed by atoms with E-state index in [0.717, 1.165) is 18.7 Å². The molecule has 1 saturated carbocycles. The molecular formula is C10H16N4O2. The van der Waals surface area contributed by atoms with E-state index in [1.54, 1.807) is 11.6 Å². The Bertz CT molecular complexity index is 398. The Morgan fingerprint density at radius 2 is 2.31 bits per heavy atom. The molecule has 88 valence electrons. The van der Waals surface area contributed by atoms with Gasteiger partial charge in [0.1, 0.15) is 17.7 Å². The van der Waals surface area contributed by atoms with Crippen LogP contribution in [-0.2, 0) is 11.3 Å². The van der Waals surface area contributed by atoms with Gasteiger partial charge in [0.05, 0.1) is 6.54 Å². The lowest BCUT2D eigenvalue weighted by molar-refractivity contribution is -0.140. The first kappa shape index (κ1) is 11.1. The number of nitrogens with one attached hydrogen (secondary N) is 1. The van der Waals surface area contributed by atoms with Crippen LogP contribution in [0.1, 0.15) is 24.5 Å². The zero-order chi connectivity index (χ0) is 11.7. The highest BCUT2D eigenvalue weighted by atomic mass is 16.4. The Hall–Kier alpha value is -1.43. The van der Waals surface area contributed by atoms with Gasteiger partial charge in [0.2, 0.25) is 0 Å². The van der Waals surface area contributed by atoms with E-state index in [1.807, 2.05) is 6.92 Å². The average molecular weight is 224 g/mol. The molecule has 1 aliphatic rings. The maximum atomic E-state index is 11.1. The van der Waals surface area contributed by atoms with Gasteiger partial charge in [-0.2, -0.15) is 5.10 Å². The molecule has 0 bridgehead atoms. The number of hydrogen-bond acceptors (Lipinski definition) is 4. The topological polar surface area (TPSA) is 80.0 Å². The van der Waals surface area contributed by atoms with Crippen molar-refractivity contribution >= 4 is 5.97 Å². The average Bonchev–Trinajstić information content (AvgIpc) is 2.93. The molecule has 0 aromatic carbocycles. The number of aliphatic carboxylic acids is 1. The largest absolute Gasteiger partial charge is 0.480 e. The molecule has 0 aliphatic heterocycles. The normalized spacial score (nSPS) is 17.4. The van der Waals surface area contributed by atoms with Crippen LogP contribution in [0.3, 0.4) is 0 Å². The zero-order valence-corrected chi connectivity index (χ0v) is 9.47. The smallest absolute Gasteiger partial charge is 0.322 e. The summed E-state index contributed by atoms with van der Waals surface area (Å²) in [5.74, 6) is 0.592. The number of carbonyl (C=O) groups is 1. The lowest BCUT2D eigenvalue weighted by Gasteiger charge is -2.14. The van der Waals surface area contributed by atoms with Crippen molar-refractivity contribution in [1.82, 2.24) is 20.1 Å².